The molecule has 1 heterocycles. The number of hydrogen-bond acceptors (Lipinski definition) is 4. The molecule has 0 radical (unpaired) electrons. The first-order chi connectivity index (χ1) is 12.7. The van der Waals surface area contributed by atoms with Crippen molar-refractivity contribution in [3.63, 3.8) is 0 Å². The van der Waals surface area contributed by atoms with Crippen LogP contribution in [0.5, 0.6) is 5.75 Å². The van der Waals surface area contributed by atoms with Crippen LogP contribution in [-0.2, 0) is 6.61 Å². The standard InChI is InChI=1S/C21H17N3O2/c1-15-6-12-18(13-7-15)26-14-16-8-10-17(11-9-16)21(25)24-20-5-3-2-4-19(20)22-23-24/h2-13H,14H2,1H3. The number of carbonyl (C=O) groups is 1. The maximum absolute atomic E-state index is 12.7. The molecule has 128 valence electrons. The molecule has 0 aliphatic heterocycles. The van der Waals surface area contributed by atoms with E-state index in [0.29, 0.717) is 23.2 Å². The molecule has 1 aromatic heterocycles. The Morgan fingerprint density at radius 1 is 0.962 bits per heavy atom. The van der Waals surface area contributed by atoms with Gasteiger partial charge in [-0.2, -0.15) is 4.68 Å². The first-order valence-electron chi connectivity index (χ1n) is 8.34. The Labute approximate surface area is 150 Å². The maximum Gasteiger partial charge on any atom is 0.280 e. The highest BCUT2D eigenvalue weighted by molar-refractivity contribution is 6.00. The fourth-order valence-electron chi connectivity index (χ4n) is 2.69. The Balaban J connectivity index is 1.48. The van der Waals surface area contributed by atoms with Crippen LogP contribution in [0.15, 0.2) is 72.8 Å². The highest BCUT2D eigenvalue weighted by Gasteiger charge is 2.13. The lowest BCUT2D eigenvalue weighted by Crippen LogP contribution is -2.13. The van der Waals surface area contributed by atoms with E-state index in [2.05, 4.69) is 10.3 Å². The minimum absolute atomic E-state index is 0.204. The van der Waals surface area contributed by atoms with E-state index in [0.717, 1.165) is 11.3 Å². The van der Waals surface area contributed by atoms with Crippen molar-refractivity contribution in [3.05, 3.63) is 89.5 Å². The second-order valence-electron chi connectivity index (χ2n) is 6.09. The molecular formula is C21H17N3O2. The minimum atomic E-state index is -0.204. The van der Waals surface area contributed by atoms with Gasteiger partial charge >= 0.3 is 0 Å². The molecular weight excluding hydrogens is 326 g/mol. The zero-order valence-corrected chi connectivity index (χ0v) is 14.3. The summed E-state index contributed by atoms with van der Waals surface area (Å²) < 4.78 is 7.09. The number of aromatic nitrogens is 3. The van der Waals surface area contributed by atoms with E-state index in [1.807, 2.05) is 67.6 Å². The van der Waals surface area contributed by atoms with E-state index in [1.165, 1.54) is 10.2 Å². The normalized spacial score (nSPS) is 10.8. The molecule has 4 aromatic rings. The summed E-state index contributed by atoms with van der Waals surface area (Å²) in [6.07, 6.45) is 0. The van der Waals surface area contributed by atoms with Gasteiger partial charge in [-0.05, 0) is 48.9 Å². The van der Waals surface area contributed by atoms with E-state index >= 15 is 0 Å². The van der Waals surface area contributed by atoms with Crippen molar-refractivity contribution in [1.82, 2.24) is 15.0 Å². The number of rotatable bonds is 4. The van der Waals surface area contributed by atoms with Gasteiger partial charge < -0.3 is 4.74 Å². The largest absolute Gasteiger partial charge is 0.489 e. The molecule has 0 fully saturated rings. The van der Waals surface area contributed by atoms with Gasteiger partial charge in [0.25, 0.3) is 5.91 Å². The quantitative estimate of drug-likeness (QED) is 0.562. The molecule has 0 N–H and O–H groups in total. The monoisotopic (exact) mass is 343 g/mol. The van der Waals surface area contributed by atoms with Gasteiger partial charge in [-0.25, -0.2) is 0 Å². The van der Waals surface area contributed by atoms with Crippen LogP contribution in [0.4, 0.5) is 0 Å². The van der Waals surface area contributed by atoms with Gasteiger partial charge in [-0.15, -0.1) is 5.10 Å². The molecule has 26 heavy (non-hydrogen) atoms. The van der Waals surface area contributed by atoms with Crippen LogP contribution in [0.3, 0.4) is 0 Å². The lowest BCUT2D eigenvalue weighted by Gasteiger charge is -2.07. The topological polar surface area (TPSA) is 57.0 Å². The Morgan fingerprint density at radius 3 is 2.46 bits per heavy atom. The summed E-state index contributed by atoms with van der Waals surface area (Å²) >= 11 is 0. The highest BCUT2D eigenvalue weighted by atomic mass is 16.5. The maximum atomic E-state index is 12.7. The molecule has 4 rings (SSSR count). The third-order valence-corrected chi connectivity index (χ3v) is 4.17. The third kappa shape index (κ3) is 3.19. The van der Waals surface area contributed by atoms with Gasteiger partial charge in [0, 0.05) is 5.56 Å². The molecule has 0 amide bonds. The van der Waals surface area contributed by atoms with E-state index in [9.17, 15) is 4.79 Å². The average Bonchev–Trinajstić information content (AvgIpc) is 3.11. The fraction of sp³-hybridized carbons (Fsp3) is 0.0952. The van der Waals surface area contributed by atoms with Crippen molar-refractivity contribution in [1.29, 1.82) is 0 Å². The van der Waals surface area contributed by atoms with Crippen LogP contribution in [0.2, 0.25) is 0 Å². The minimum Gasteiger partial charge on any atom is -0.489 e. The van der Waals surface area contributed by atoms with E-state index in [1.54, 1.807) is 12.1 Å². The molecule has 0 spiro atoms. The third-order valence-electron chi connectivity index (χ3n) is 4.17. The summed E-state index contributed by atoms with van der Waals surface area (Å²) in [4.78, 5) is 12.7. The Hall–Kier alpha value is -3.47. The number of carbonyl (C=O) groups excluding carboxylic acids is 1. The number of nitrogens with zero attached hydrogens (tertiary/aromatic N) is 3. The van der Waals surface area contributed by atoms with Crippen LogP contribution in [0, 0.1) is 6.92 Å². The number of para-hydroxylation sites is 1. The number of benzene rings is 3. The highest BCUT2D eigenvalue weighted by Crippen LogP contribution is 2.16. The Morgan fingerprint density at radius 2 is 1.69 bits per heavy atom. The number of ether oxygens (including phenoxy) is 1. The number of aryl methyl sites for hydroxylation is 1. The summed E-state index contributed by atoms with van der Waals surface area (Å²) in [5.41, 5.74) is 4.14. The predicted octanol–water partition coefficient (Wildman–Crippen LogP) is 4.01. The summed E-state index contributed by atoms with van der Waals surface area (Å²) in [6.45, 7) is 2.49. The number of hydrogen-bond donors (Lipinski definition) is 0. The van der Waals surface area contributed by atoms with E-state index in [-0.39, 0.29) is 5.91 Å². The molecule has 5 heteroatoms. The van der Waals surface area contributed by atoms with Crippen molar-refractivity contribution in [2.75, 3.05) is 0 Å². The second-order valence-corrected chi connectivity index (χ2v) is 6.09. The van der Waals surface area contributed by atoms with E-state index in [4.69, 9.17) is 4.74 Å². The first kappa shape index (κ1) is 16.0. The molecule has 0 saturated carbocycles. The molecule has 0 bridgehead atoms. The fourth-order valence-corrected chi connectivity index (χ4v) is 2.69. The first-order valence-corrected chi connectivity index (χ1v) is 8.34. The molecule has 0 atom stereocenters. The predicted molar refractivity (Wildman–Crippen MR) is 99.2 cm³/mol. The average molecular weight is 343 g/mol. The van der Waals surface area contributed by atoms with E-state index < -0.39 is 0 Å². The molecule has 0 unspecified atom stereocenters. The van der Waals surface area contributed by atoms with Crippen molar-refractivity contribution >= 4 is 16.9 Å². The van der Waals surface area contributed by atoms with Crippen LogP contribution in [0.1, 0.15) is 21.5 Å². The van der Waals surface area contributed by atoms with Gasteiger partial charge in [0.2, 0.25) is 0 Å². The van der Waals surface area contributed by atoms with Crippen LogP contribution >= 0.6 is 0 Å². The van der Waals surface area contributed by atoms with Crippen molar-refractivity contribution < 1.29 is 9.53 Å². The van der Waals surface area contributed by atoms with Gasteiger partial charge in [0.1, 0.15) is 17.9 Å². The molecule has 0 aliphatic rings. The zero-order valence-electron chi connectivity index (χ0n) is 14.3. The molecule has 5 nitrogen and oxygen atoms in total. The summed E-state index contributed by atoms with van der Waals surface area (Å²) in [6, 6.07) is 22.7. The Bertz CT molecular complexity index is 1050. The van der Waals surface area contributed by atoms with Crippen LogP contribution in [0.25, 0.3) is 11.0 Å². The Kier molecular flexibility index (Phi) is 4.19. The molecule has 0 aliphatic carbocycles. The van der Waals surface area contributed by atoms with Gasteiger partial charge in [0.15, 0.2) is 0 Å². The molecule has 0 saturated heterocycles. The second kappa shape index (κ2) is 6.80. The SMILES string of the molecule is Cc1ccc(OCc2ccc(C(=O)n3nnc4ccccc43)cc2)cc1. The van der Waals surface area contributed by atoms with Gasteiger partial charge in [0.05, 0.1) is 5.52 Å². The van der Waals surface area contributed by atoms with Crippen molar-refractivity contribution in [3.8, 4) is 5.75 Å². The van der Waals surface area contributed by atoms with Crippen molar-refractivity contribution in [2.45, 2.75) is 13.5 Å². The van der Waals surface area contributed by atoms with Crippen molar-refractivity contribution in [2.24, 2.45) is 0 Å². The summed E-state index contributed by atoms with van der Waals surface area (Å²) in [5, 5.41) is 7.99. The van der Waals surface area contributed by atoms with Crippen LogP contribution in [-0.4, -0.2) is 20.9 Å². The summed E-state index contributed by atoms with van der Waals surface area (Å²) in [5.74, 6) is 0.620. The lowest BCUT2D eigenvalue weighted by molar-refractivity contribution is 0.0948. The number of fused-ring (bicyclic) bond motifs is 1. The van der Waals surface area contributed by atoms with Gasteiger partial charge in [-0.1, -0.05) is 47.2 Å². The van der Waals surface area contributed by atoms with Gasteiger partial charge in [-0.3, -0.25) is 4.79 Å². The summed E-state index contributed by atoms with van der Waals surface area (Å²) in [7, 11) is 0. The molecule has 3 aromatic carbocycles. The zero-order chi connectivity index (χ0) is 17.9. The smallest absolute Gasteiger partial charge is 0.280 e. The van der Waals surface area contributed by atoms with Crippen LogP contribution < -0.4 is 4.74 Å². The lowest BCUT2D eigenvalue weighted by atomic mass is 10.1.